The Morgan fingerprint density at radius 2 is 1.18 bits per heavy atom. The lowest BCUT2D eigenvalue weighted by atomic mass is 9.76. The number of nitrogens with zero attached hydrogens (tertiary/aromatic N) is 1. The van der Waals surface area contributed by atoms with Crippen LogP contribution in [0.15, 0.2) is 24.3 Å². The van der Waals surface area contributed by atoms with Gasteiger partial charge in [-0.25, -0.2) is 8.78 Å². The van der Waals surface area contributed by atoms with Crippen molar-refractivity contribution in [3.05, 3.63) is 35.4 Å². The van der Waals surface area contributed by atoms with Gasteiger partial charge >= 0.3 is 5.97 Å². The molecule has 10 amide bonds. The van der Waals surface area contributed by atoms with Gasteiger partial charge in [-0.05, 0) is 182 Å². The smallest absolute Gasteiger partial charge is 0.305 e. The number of unbranched alkanes of at least 4 members (excludes halogenated alkanes) is 1. The molecule has 0 aromatic heterocycles. The van der Waals surface area contributed by atoms with Crippen molar-refractivity contribution in [1.82, 2.24) is 68.7 Å². The highest BCUT2D eigenvalue weighted by Gasteiger charge is 2.47. The molecule has 5 aliphatic heterocycles. The van der Waals surface area contributed by atoms with Gasteiger partial charge in [0.1, 0.15) is 60.7 Å². The largest absolute Gasteiger partial charge is 0.481 e. The molecule has 28 nitrogen and oxygen atoms in total. The molecule has 100 heavy (non-hydrogen) atoms. The zero-order valence-electron chi connectivity index (χ0n) is 57.0. The molecule has 8 aliphatic rings. The van der Waals surface area contributed by atoms with E-state index in [1.807, 2.05) is 24.3 Å². The Labute approximate surface area is 591 Å². The van der Waals surface area contributed by atoms with Gasteiger partial charge in [-0.1, -0.05) is 24.3 Å². The summed E-state index contributed by atoms with van der Waals surface area (Å²) in [5.74, 6) is -9.35. The lowest BCUT2D eigenvalue weighted by molar-refractivity contribution is -0.143. The van der Waals surface area contributed by atoms with Crippen molar-refractivity contribution in [2.75, 3.05) is 57.4 Å². The maximum absolute atomic E-state index is 15.3. The molecule has 3 aliphatic carbocycles. The molecule has 5 heterocycles. The summed E-state index contributed by atoms with van der Waals surface area (Å²) in [6.45, 7) is 1.16. The third-order valence-corrected chi connectivity index (χ3v) is 23.6. The molecule has 556 valence electrons. The number of benzene rings is 1. The van der Waals surface area contributed by atoms with E-state index >= 15 is 28.0 Å². The fourth-order valence-corrected chi connectivity index (χ4v) is 18.1. The monoisotopic (exact) mass is 1440 g/mol. The maximum Gasteiger partial charge on any atom is 0.305 e. The number of fused-ring (bicyclic) bond motifs is 4. The highest BCUT2D eigenvalue weighted by molar-refractivity contribution is 7.98. The number of aliphatic hydroxyl groups excluding tert-OH is 1. The van der Waals surface area contributed by atoms with Crippen LogP contribution < -0.4 is 75.3 Å². The van der Waals surface area contributed by atoms with Crippen molar-refractivity contribution in [2.45, 2.75) is 231 Å². The summed E-state index contributed by atoms with van der Waals surface area (Å²) in [7, 11) is 0. The van der Waals surface area contributed by atoms with E-state index in [0.29, 0.717) is 121 Å². The average molecular weight is 1440 g/mol. The van der Waals surface area contributed by atoms with Crippen LogP contribution in [0.5, 0.6) is 0 Å². The number of primary amides is 1. The van der Waals surface area contributed by atoms with E-state index in [1.54, 1.807) is 0 Å². The van der Waals surface area contributed by atoms with E-state index in [9.17, 15) is 43.8 Å². The van der Waals surface area contributed by atoms with E-state index < -0.39 is 157 Å². The number of carbonyl (C=O) groups excluding carboxylic acids is 10. The second kappa shape index (κ2) is 38.3. The van der Waals surface area contributed by atoms with E-state index in [0.717, 1.165) is 11.1 Å². The van der Waals surface area contributed by atoms with E-state index in [1.165, 1.54) is 28.4 Å². The van der Waals surface area contributed by atoms with Crippen LogP contribution in [-0.2, 0) is 64.2 Å². The summed E-state index contributed by atoms with van der Waals surface area (Å²) in [6.07, 6.45) is 1.86. The van der Waals surface area contributed by atoms with E-state index in [-0.39, 0.29) is 106 Å². The summed E-state index contributed by atoms with van der Waals surface area (Å²) in [4.78, 5) is 159. The summed E-state index contributed by atoms with van der Waals surface area (Å²) in [5, 5.41) is 56.1. The fourth-order valence-electron chi connectivity index (χ4n) is 16.0. The van der Waals surface area contributed by atoms with Crippen LogP contribution in [0.1, 0.15) is 146 Å². The van der Waals surface area contributed by atoms with Crippen LogP contribution in [0.3, 0.4) is 0 Å². The maximum atomic E-state index is 15.3. The second-order valence-electron chi connectivity index (χ2n) is 28.7. The minimum atomic E-state index is -1.90. The molecule has 4 saturated heterocycles. The Morgan fingerprint density at radius 1 is 0.600 bits per heavy atom. The molecule has 7 fully saturated rings. The first kappa shape index (κ1) is 77.9. The molecule has 17 atom stereocenters. The van der Waals surface area contributed by atoms with Crippen LogP contribution in [0.2, 0.25) is 0 Å². The molecule has 1 aromatic rings. The van der Waals surface area contributed by atoms with Gasteiger partial charge in [0.2, 0.25) is 59.1 Å². The number of amides is 10. The Balaban J connectivity index is 1.02. The summed E-state index contributed by atoms with van der Waals surface area (Å²) in [6, 6.07) is -3.89. The third kappa shape index (κ3) is 22.6. The molecule has 0 bridgehead atoms. The zero-order chi connectivity index (χ0) is 71.4. The number of hydrogen-bond acceptors (Lipinski definition) is 19. The molecule has 9 rings (SSSR count). The highest BCUT2D eigenvalue weighted by Crippen LogP contribution is 2.40. The van der Waals surface area contributed by atoms with Gasteiger partial charge < -0.3 is 90.4 Å². The predicted molar refractivity (Wildman–Crippen MR) is 370 cm³/mol. The zero-order valence-corrected chi connectivity index (χ0v) is 58.6. The number of thioether (sulfide) groups is 2. The number of rotatable bonds is 15. The summed E-state index contributed by atoms with van der Waals surface area (Å²) >= 11 is 2.85. The molecule has 9 unspecified atom stereocenters. The number of aliphatic carboxylic acids is 1. The average Bonchev–Trinajstić information content (AvgIpc) is 1.63. The third-order valence-electron chi connectivity index (χ3n) is 21.5. The molecule has 0 spiro atoms. The predicted octanol–water partition coefficient (Wildman–Crippen LogP) is -0.771. The van der Waals surface area contributed by atoms with Crippen LogP contribution >= 0.6 is 23.5 Å². The van der Waals surface area contributed by atoms with Crippen molar-refractivity contribution in [1.29, 1.82) is 0 Å². The number of carbonyl (C=O) groups is 11. The van der Waals surface area contributed by atoms with Gasteiger partial charge in [0, 0.05) is 67.3 Å². The molecular formula is C68H105F2N15O13S2. The Bertz CT molecular complexity index is 3010. The van der Waals surface area contributed by atoms with Crippen LogP contribution in [0.4, 0.5) is 8.78 Å². The normalized spacial score (nSPS) is 34.9. The summed E-state index contributed by atoms with van der Waals surface area (Å²) in [5.41, 5.74) is 13.6. The first-order chi connectivity index (χ1) is 48.1. The van der Waals surface area contributed by atoms with E-state index in [2.05, 4.69) is 63.8 Å². The molecule has 1 aromatic carbocycles. The number of nitrogens with one attached hydrogen (secondary N) is 12. The first-order valence-corrected chi connectivity index (χ1v) is 38.4. The second-order valence-corrected chi connectivity index (χ2v) is 30.8. The minimum absolute atomic E-state index is 0.0313. The Morgan fingerprint density at radius 3 is 1.78 bits per heavy atom. The Kier molecular flexibility index (Phi) is 29.8. The van der Waals surface area contributed by atoms with Crippen molar-refractivity contribution in [2.24, 2.45) is 41.1 Å². The van der Waals surface area contributed by atoms with Crippen molar-refractivity contribution in [3.63, 3.8) is 0 Å². The van der Waals surface area contributed by atoms with Crippen molar-refractivity contribution < 1.29 is 71.7 Å². The number of hydrogen-bond donors (Lipinski definition) is 16. The molecule has 18 N–H and O–H groups in total. The highest BCUT2D eigenvalue weighted by atomic mass is 32.2. The van der Waals surface area contributed by atoms with E-state index in [4.69, 9.17) is 11.5 Å². The Hall–Kier alpha value is -6.29. The number of carboxylic acid groups (broad SMARTS) is 1. The molecule has 0 radical (unpaired) electrons. The minimum Gasteiger partial charge on any atom is -0.481 e. The standard InChI is InChI=1S/C68H105F2N15O13S2/c69-42-12-16-48-46(25-42)40(29-74-48)23-51-63(93)80-52(24-41-30-75-49-17-13-43(70)26-47(41)49)64(94)82-54(28-60(89)90)66(96)81-53(27-44-31-73-36-77-44)65(95)83-55(22-37-10-14-45(86)15-11-37)68(98)85-20-5-9-57(85)67(97)84-56(61(72)91)35-100-34-39-7-2-1-6-38(39)33-99-21-18-58(87)78-50(8-3-4-19-71)62(92)76-32-59(88)79-51/h1-2,6-7,37,40-57,73-75,77,86H,3-5,8-36,71H2,(H2,72,91)(H,76,92)(H,78,87)(H,79,88)(H,80,93)(H,81,96)(H,82,94)(H,83,95)(H,84,97)(H,89,90)/t37?,40?,41?,42?,43?,44?,45?,46?,47?,48?,49?,50-,51-,52-,53-,54-,55-,56-,57-/m0/s1. The van der Waals surface area contributed by atoms with Gasteiger partial charge in [0.25, 0.3) is 0 Å². The summed E-state index contributed by atoms with van der Waals surface area (Å²) < 4.78 is 30.4. The van der Waals surface area contributed by atoms with Gasteiger partial charge in [-0.2, -0.15) is 23.5 Å². The topological polar surface area (TPSA) is 428 Å². The van der Waals surface area contributed by atoms with Crippen LogP contribution in [0.25, 0.3) is 0 Å². The number of carboxylic acids is 1. The number of nitrogens with two attached hydrogens (primary N) is 2. The molecule has 3 saturated carbocycles. The molecule has 32 heteroatoms. The van der Waals surface area contributed by atoms with Crippen molar-refractivity contribution in [3.8, 4) is 0 Å². The van der Waals surface area contributed by atoms with Gasteiger partial charge in [-0.15, -0.1) is 0 Å². The fraction of sp³-hybridized carbons (Fsp3) is 0.750. The quantitative estimate of drug-likeness (QED) is 0.0959. The lowest BCUT2D eigenvalue weighted by Crippen LogP contribution is -2.61. The van der Waals surface area contributed by atoms with Gasteiger partial charge in [0.15, 0.2) is 0 Å². The molecular weight excluding hydrogens is 1340 g/mol. The number of aliphatic hydroxyl groups is 1. The van der Waals surface area contributed by atoms with Gasteiger partial charge in [0.05, 0.1) is 19.1 Å². The van der Waals surface area contributed by atoms with Crippen molar-refractivity contribution >= 4 is 88.6 Å². The SMILES string of the molecule is NCCCC[C@@H]1NC(=O)CCSCc2ccccc2CSC[C@@H](C(N)=O)NC(=O)[C@@H]2CCCN2C(=O)[C@H](CC2CCC(O)CC2)NC(=O)[C@H](CC2CNCN2)NC(=O)[C@H](CC(=O)O)NC(=O)[C@H](CC2CNC3CCC(F)CC23)NC(=O)[C@H](CC2CNC3CCC(F)CC23)NC(=O)CNC1=O. The van der Waals surface area contributed by atoms with Crippen LogP contribution in [-0.4, -0.2) is 223 Å². The van der Waals surface area contributed by atoms with Crippen LogP contribution in [0, 0.1) is 29.6 Å². The number of halogens is 2. The first-order valence-electron chi connectivity index (χ1n) is 36.1. The van der Waals surface area contributed by atoms with Gasteiger partial charge in [-0.3, -0.25) is 52.7 Å². The number of alkyl halides is 2. The lowest BCUT2D eigenvalue weighted by Gasteiger charge is -2.34.